The standard InChI is InChI=1S/C17H19ClF3N3O2/c1-11(2)26-9-3-8-22-16(25)14-10-23-24(15(14)17(19,20)21)13-6-4-12(18)5-7-13/h4-7,10-11H,3,8-9H2,1-2H3,(H,22,25). The molecule has 0 saturated carbocycles. The zero-order chi connectivity index (χ0) is 19.3. The smallest absolute Gasteiger partial charge is 0.379 e. The molecule has 0 atom stereocenters. The number of ether oxygens (including phenoxy) is 1. The molecule has 1 amide bonds. The summed E-state index contributed by atoms with van der Waals surface area (Å²) in [6.07, 6.45) is -3.28. The Labute approximate surface area is 154 Å². The van der Waals surface area contributed by atoms with Gasteiger partial charge in [-0.1, -0.05) is 11.6 Å². The van der Waals surface area contributed by atoms with E-state index in [4.69, 9.17) is 16.3 Å². The number of nitrogens with zero attached hydrogens (tertiary/aromatic N) is 2. The largest absolute Gasteiger partial charge is 0.434 e. The molecule has 0 aliphatic heterocycles. The first kappa shape index (κ1) is 20.3. The molecule has 0 unspecified atom stereocenters. The Kier molecular flexibility index (Phi) is 6.66. The Morgan fingerprint density at radius 1 is 1.31 bits per heavy atom. The fraction of sp³-hybridized carbons (Fsp3) is 0.412. The molecule has 0 saturated heterocycles. The van der Waals surface area contributed by atoms with Crippen molar-refractivity contribution in [3.63, 3.8) is 0 Å². The van der Waals surface area contributed by atoms with Crippen LogP contribution in [-0.2, 0) is 10.9 Å². The molecule has 1 aromatic heterocycles. The topological polar surface area (TPSA) is 56.1 Å². The van der Waals surface area contributed by atoms with Crippen molar-refractivity contribution in [3.8, 4) is 5.69 Å². The normalized spacial score (nSPS) is 11.8. The molecule has 1 heterocycles. The third kappa shape index (κ3) is 5.22. The number of nitrogens with one attached hydrogen (secondary N) is 1. The lowest BCUT2D eigenvalue weighted by Gasteiger charge is -2.13. The van der Waals surface area contributed by atoms with E-state index in [1.807, 2.05) is 13.8 Å². The molecule has 26 heavy (non-hydrogen) atoms. The van der Waals surface area contributed by atoms with Crippen molar-refractivity contribution in [1.29, 1.82) is 0 Å². The van der Waals surface area contributed by atoms with Gasteiger partial charge in [0.05, 0.1) is 23.6 Å². The summed E-state index contributed by atoms with van der Waals surface area (Å²) in [7, 11) is 0. The van der Waals surface area contributed by atoms with Crippen molar-refractivity contribution < 1.29 is 22.7 Å². The monoisotopic (exact) mass is 389 g/mol. The van der Waals surface area contributed by atoms with Gasteiger partial charge in [0.1, 0.15) is 0 Å². The van der Waals surface area contributed by atoms with Gasteiger partial charge in [0.15, 0.2) is 5.69 Å². The number of aromatic nitrogens is 2. The lowest BCUT2D eigenvalue weighted by atomic mass is 10.2. The maximum atomic E-state index is 13.5. The minimum Gasteiger partial charge on any atom is -0.379 e. The van der Waals surface area contributed by atoms with Crippen LogP contribution in [0, 0.1) is 0 Å². The second kappa shape index (κ2) is 8.55. The molecule has 5 nitrogen and oxygen atoms in total. The SMILES string of the molecule is CC(C)OCCCNC(=O)c1cnn(-c2ccc(Cl)cc2)c1C(F)(F)F. The van der Waals surface area contributed by atoms with Crippen molar-refractivity contribution in [2.45, 2.75) is 32.5 Å². The first-order chi connectivity index (χ1) is 12.2. The van der Waals surface area contributed by atoms with Crippen molar-refractivity contribution in [2.75, 3.05) is 13.2 Å². The summed E-state index contributed by atoms with van der Waals surface area (Å²) in [5, 5.41) is 6.59. The fourth-order valence-corrected chi connectivity index (χ4v) is 2.38. The number of amides is 1. The third-order valence-electron chi connectivity index (χ3n) is 3.41. The predicted octanol–water partition coefficient (Wildman–Crippen LogP) is 4.09. The van der Waals surface area contributed by atoms with E-state index in [0.29, 0.717) is 22.7 Å². The molecule has 0 bridgehead atoms. The summed E-state index contributed by atoms with van der Waals surface area (Å²) in [6, 6.07) is 5.70. The Morgan fingerprint density at radius 3 is 2.54 bits per heavy atom. The Morgan fingerprint density at radius 2 is 1.96 bits per heavy atom. The summed E-state index contributed by atoms with van der Waals surface area (Å²) >= 11 is 5.76. The third-order valence-corrected chi connectivity index (χ3v) is 3.66. The number of hydrogen-bond acceptors (Lipinski definition) is 3. The van der Waals surface area contributed by atoms with Gasteiger partial charge in [0, 0.05) is 18.2 Å². The van der Waals surface area contributed by atoms with Crippen LogP contribution < -0.4 is 5.32 Å². The van der Waals surface area contributed by atoms with Crippen LogP contribution in [0.2, 0.25) is 5.02 Å². The van der Waals surface area contributed by atoms with Crippen LogP contribution in [0.3, 0.4) is 0 Å². The van der Waals surface area contributed by atoms with Crippen LogP contribution in [-0.4, -0.2) is 34.9 Å². The number of hydrogen-bond donors (Lipinski definition) is 1. The number of rotatable bonds is 7. The highest BCUT2D eigenvalue weighted by atomic mass is 35.5. The highest BCUT2D eigenvalue weighted by Gasteiger charge is 2.40. The van der Waals surface area contributed by atoms with E-state index >= 15 is 0 Å². The lowest BCUT2D eigenvalue weighted by molar-refractivity contribution is -0.143. The zero-order valence-electron chi connectivity index (χ0n) is 14.3. The molecule has 0 fully saturated rings. The average molecular weight is 390 g/mol. The molecular weight excluding hydrogens is 371 g/mol. The van der Waals surface area contributed by atoms with Gasteiger partial charge < -0.3 is 10.1 Å². The van der Waals surface area contributed by atoms with E-state index < -0.39 is 23.3 Å². The molecular formula is C17H19ClF3N3O2. The van der Waals surface area contributed by atoms with Crippen molar-refractivity contribution in [1.82, 2.24) is 15.1 Å². The van der Waals surface area contributed by atoms with Crippen LogP contribution in [0.4, 0.5) is 13.2 Å². The summed E-state index contributed by atoms with van der Waals surface area (Å²) < 4.78 is 46.5. The number of benzene rings is 1. The minimum atomic E-state index is -4.75. The van der Waals surface area contributed by atoms with E-state index in [1.165, 1.54) is 24.3 Å². The summed E-state index contributed by atoms with van der Waals surface area (Å²) in [6.45, 7) is 4.36. The fourth-order valence-electron chi connectivity index (χ4n) is 2.25. The molecule has 1 aromatic carbocycles. The van der Waals surface area contributed by atoms with Crippen LogP contribution in [0.5, 0.6) is 0 Å². The highest BCUT2D eigenvalue weighted by molar-refractivity contribution is 6.30. The predicted molar refractivity (Wildman–Crippen MR) is 91.6 cm³/mol. The highest BCUT2D eigenvalue weighted by Crippen LogP contribution is 2.33. The number of carbonyl (C=O) groups is 1. The van der Waals surface area contributed by atoms with Gasteiger partial charge in [-0.2, -0.15) is 18.3 Å². The van der Waals surface area contributed by atoms with Crippen LogP contribution in [0.1, 0.15) is 36.3 Å². The molecule has 0 aliphatic carbocycles. The molecule has 9 heteroatoms. The van der Waals surface area contributed by atoms with E-state index in [1.54, 1.807) is 0 Å². The first-order valence-electron chi connectivity index (χ1n) is 8.01. The molecule has 142 valence electrons. The maximum Gasteiger partial charge on any atom is 0.434 e. The van der Waals surface area contributed by atoms with Gasteiger partial charge >= 0.3 is 6.18 Å². The van der Waals surface area contributed by atoms with Crippen LogP contribution >= 0.6 is 11.6 Å². The molecule has 0 radical (unpaired) electrons. The van der Waals surface area contributed by atoms with Crippen LogP contribution in [0.15, 0.2) is 30.5 Å². The second-order valence-electron chi connectivity index (χ2n) is 5.82. The summed E-state index contributed by atoms with van der Waals surface area (Å²) in [5.74, 6) is -0.831. The van der Waals surface area contributed by atoms with Gasteiger partial charge in [-0.05, 0) is 44.5 Å². The van der Waals surface area contributed by atoms with E-state index in [0.717, 1.165) is 6.20 Å². The molecule has 1 N–H and O–H groups in total. The number of halogens is 4. The molecule has 2 aromatic rings. The number of alkyl halides is 3. The van der Waals surface area contributed by atoms with Crippen molar-refractivity contribution >= 4 is 17.5 Å². The zero-order valence-corrected chi connectivity index (χ0v) is 15.1. The van der Waals surface area contributed by atoms with Crippen molar-refractivity contribution in [2.24, 2.45) is 0 Å². The quantitative estimate of drug-likeness (QED) is 0.726. The Hall–Kier alpha value is -2.06. The van der Waals surface area contributed by atoms with E-state index in [9.17, 15) is 18.0 Å². The minimum absolute atomic E-state index is 0.0557. The van der Waals surface area contributed by atoms with Gasteiger partial charge in [-0.25, -0.2) is 4.68 Å². The summed E-state index contributed by atoms with van der Waals surface area (Å²) in [5.41, 5.74) is -1.50. The van der Waals surface area contributed by atoms with E-state index in [2.05, 4.69) is 10.4 Å². The maximum absolute atomic E-state index is 13.5. The molecule has 0 spiro atoms. The van der Waals surface area contributed by atoms with Gasteiger partial charge in [0.25, 0.3) is 5.91 Å². The van der Waals surface area contributed by atoms with Gasteiger partial charge in [-0.3, -0.25) is 4.79 Å². The second-order valence-corrected chi connectivity index (χ2v) is 6.26. The summed E-state index contributed by atoms with van der Waals surface area (Å²) in [4.78, 5) is 12.2. The lowest BCUT2D eigenvalue weighted by Crippen LogP contribution is -2.28. The van der Waals surface area contributed by atoms with Crippen LogP contribution in [0.25, 0.3) is 5.69 Å². The van der Waals surface area contributed by atoms with Crippen molar-refractivity contribution in [3.05, 3.63) is 46.7 Å². The van der Waals surface area contributed by atoms with E-state index in [-0.39, 0.29) is 18.3 Å². The average Bonchev–Trinajstić information content (AvgIpc) is 3.00. The first-order valence-corrected chi connectivity index (χ1v) is 8.39. The molecule has 2 rings (SSSR count). The number of carbonyl (C=O) groups excluding carboxylic acids is 1. The Bertz CT molecular complexity index is 743. The molecule has 0 aliphatic rings. The Balaban J connectivity index is 2.18. The van der Waals surface area contributed by atoms with Gasteiger partial charge in [0.2, 0.25) is 0 Å². The van der Waals surface area contributed by atoms with Gasteiger partial charge in [-0.15, -0.1) is 0 Å².